The highest BCUT2D eigenvalue weighted by atomic mass is 16.6. The average Bonchev–Trinajstić information content (AvgIpc) is 2.79. The van der Waals surface area contributed by atoms with Gasteiger partial charge in [0.2, 0.25) is 5.91 Å². The summed E-state index contributed by atoms with van der Waals surface area (Å²) in [6.45, 7) is 19.1. The summed E-state index contributed by atoms with van der Waals surface area (Å²) in [5, 5.41) is 0. The van der Waals surface area contributed by atoms with Crippen LogP contribution in [0.2, 0.25) is 0 Å². The van der Waals surface area contributed by atoms with Crippen molar-refractivity contribution in [2.45, 2.75) is 93.5 Å². The Hall–Kier alpha value is -2.66. The normalized spacial score (nSPS) is 14.1. The number of ether oxygens (including phenoxy) is 2. The maximum atomic E-state index is 13.0. The van der Waals surface area contributed by atoms with Crippen molar-refractivity contribution < 1.29 is 19.1 Å². The molecule has 1 atom stereocenters. The van der Waals surface area contributed by atoms with Gasteiger partial charge in [-0.15, -0.1) is 0 Å². The molecule has 186 valence electrons. The molecule has 0 radical (unpaired) electrons. The highest BCUT2D eigenvalue weighted by Crippen LogP contribution is 2.38. The molecule has 1 amide bonds. The summed E-state index contributed by atoms with van der Waals surface area (Å²) in [6, 6.07) is 10.0. The number of nitrogens with zero attached hydrogens (tertiary/aromatic N) is 1. The predicted octanol–water partition coefficient (Wildman–Crippen LogP) is 6.14. The third kappa shape index (κ3) is 6.26. The minimum absolute atomic E-state index is 0.129. The van der Waals surface area contributed by atoms with E-state index >= 15 is 0 Å². The van der Waals surface area contributed by atoms with E-state index in [4.69, 9.17) is 9.47 Å². The van der Waals surface area contributed by atoms with E-state index in [0.29, 0.717) is 26.1 Å². The maximum absolute atomic E-state index is 13.0. The fourth-order valence-electron chi connectivity index (χ4n) is 4.46. The van der Waals surface area contributed by atoms with Crippen molar-refractivity contribution >= 4 is 11.9 Å². The lowest BCUT2D eigenvalue weighted by atomic mass is 9.82. The maximum Gasteiger partial charge on any atom is 0.339 e. The second kappa shape index (κ2) is 11.7. The molecule has 0 fully saturated rings. The van der Waals surface area contributed by atoms with Crippen LogP contribution >= 0.6 is 0 Å². The van der Waals surface area contributed by atoms with Crippen molar-refractivity contribution in [3.05, 3.63) is 69.3 Å². The van der Waals surface area contributed by atoms with E-state index in [1.54, 1.807) is 6.92 Å². The quantitative estimate of drug-likeness (QED) is 0.479. The van der Waals surface area contributed by atoms with Crippen LogP contribution in [0.4, 0.5) is 0 Å². The van der Waals surface area contributed by atoms with Crippen molar-refractivity contribution in [1.29, 1.82) is 0 Å². The molecule has 3 rings (SSSR count). The molecule has 5 nitrogen and oxygen atoms in total. The Morgan fingerprint density at radius 1 is 1.00 bits per heavy atom. The first-order valence-corrected chi connectivity index (χ1v) is 12.3. The van der Waals surface area contributed by atoms with Crippen molar-refractivity contribution in [1.82, 2.24) is 4.90 Å². The van der Waals surface area contributed by atoms with Gasteiger partial charge in [-0.3, -0.25) is 4.79 Å². The zero-order valence-electron chi connectivity index (χ0n) is 22.4. The summed E-state index contributed by atoms with van der Waals surface area (Å²) in [6.07, 6.45) is -0.431. The van der Waals surface area contributed by atoms with Crippen LogP contribution in [0.1, 0.15) is 86.6 Å². The fraction of sp³-hybridized carbons (Fsp3) is 0.517. The first-order valence-electron chi connectivity index (χ1n) is 12.3. The van der Waals surface area contributed by atoms with E-state index in [2.05, 4.69) is 0 Å². The zero-order chi connectivity index (χ0) is 25.6. The van der Waals surface area contributed by atoms with Crippen molar-refractivity contribution in [2.24, 2.45) is 0 Å². The summed E-state index contributed by atoms with van der Waals surface area (Å²) in [4.78, 5) is 27.8. The second-order valence-corrected chi connectivity index (χ2v) is 9.52. The third-order valence-electron chi connectivity index (χ3n) is 6.12. The van der Waals surface area contributed by atoms with E-state index in [1.165, 1.54) is 0 Å². The summed E-state index contributed by atoms with van der Waals surface area (Å²) in [5.41, 5.74) is 6.70. The van der Waals surface area contributed by atoms with E-state index < -0.39 is 11.7 Å². The number of carbonyl (C=O) groups is 2. The Balaban J connectivity index is 0.00000199. The van der Waals surface area contributed by atoms with Crippen LogP contribution in [0.3, 0.4) is 0 Å². The lowest BCUT2D eigenvalue weighted by Crippen LogP contribution is -2.37. The number of hydrogen-bond donors (Lipinski definition) is 0. The number of carbonyl (C=O) groups excluding carboxylic acids is 2. The monoisotopic (exact) mass is 467 g/mol. The van der Waals surface area contributed by atoms with Crippen molar-refractivity contribution in [3.63, 3.8) is 0 Å². The third-order valence-corrected chi connectivity index (χ3v) is 6.12. The summed E-state index contributed by atoms with van der Waals surface area (Å²) in [7, 11) is 0. The van der Waals surface area contributed by atoms with Crippen LogP contribution in [-0.2, 0) is 38.6 Å². The first kappa shape index (κ1) is 27.6. The predicted molar refractivity (Wildman–Crippen MR) is 137 cm³/mol. The molecule has 0 aromatic heterocycles. The second-order valence-electron chi connectivity index (χ2n) is 9.52. The van der Waals surface area contributed by atoms with Gasteiger partial charge in [-0.2, -0.15) is 0 Å². The number of hydrogen-bond acceptors (Lipinski definition) is 4. The number of esters is 1. The van der Waals surface area contributed by atoms with Gasteiger partial charge in [-0.1, -0.05) is 44.2 Å². The molecule has 0 saturated carbocycles. The summed E-state index contributed by atoms with van der Waals surface area (Å²) in [5.74, 6) is -0.245. The summed E-state index contributed by atoms with van der Waals surface area (Å²) < 4.78 is 11.6. The van der Waals surface area contributed by atoms with Gasteiger partial charge in [0.25, 0.3) is 0 Å². The van der Waals surface area contributed by atoms with Gasteiger partial charge >= 0.3 is 5.97 Å². The van der Waals surface area contributed by atoms with Gasteiger partial charge in [-0.05, 0) is 87.4 Å². The number of rotatable bonds is 6. The van der Waals surface area contributed by atoms with Gasteiger partial charge in [0.1, 0.15) is 0 Å². The molecule has 2 aromatic rings. The minimum atomic E-state index is -0.806. The number of benzene rings is 2. The Bertz CT molecular complexity index is 1010. The van der Waals surface area contributed by atoms with Gasteiger partial charge in [0.05, 0.1) is 18.6 Å². The molecule has 0 spiro atoms. The van der Waals surface area contributed by atoms with Gasteiger partial charge in [-0.25, -0.2) is 4.79 Å². The molecular formula is C29H41NO4. The average molecular weight is 468 g/mol. The van der Waals surface area contributed by atoms with E-state index in [9.17, 15) is 9.59 Å². The van der Waals surface area contributed by atoms with Crippen molar-refractivity contribution in [2.75, 3.05) is 6.61 Å². The first-order chi connectivity index (χ1) is 16.0. The topological polar surface area (TPSA) is 55.8 Å². The molecule has 0 saturated heterocycles. The van der Waals surface area contributed by atoms with Crippen LogP contribution in [0.15, 0.2) is 30.3 Å². The van der Waals surface area contributed by atoms with Crippen LogP contribution < -0.4 is 0 Å². The van der Waals surface area contributed by atoms with Gasteiger partial charge in [0.15, 0.2) is 6.10 Å². The molecular weight excluding hydrogens is 426 g/mol. The molecule has 0 bridgehead atoms. The highest BCUT2D eigenvalue weighted by Gasteiger charge is 2.35. The molecule has 34 heavy (non-hydrogen) atoms. The van der Waals surface area contributed by atoms with Gasteiger partial charge < -0.3 is 14.4 Å². The lowest BCUT2D eigenvalue weighted by molar-refractivity contribution is -0.167. The smallest absolute Gasteiger partial charge is 0.339 e. The minimum Gasteiger partial charge on any atom is -0.464 e. The molecule has 0 unspecified atom stereocenters. The fourth-order valence-corrected chi connectivity index (χ4v) is 4.46. The van der Waals surface area contributed by atoms with Crippen LogP contribution in [0.25, 0.3) is 0 Å². The van der Waals surface area contributed by atoms with Gasteiger partial charge in [0, 0.05) is 13.1 Å². The lowest BCUT2D eigenvalue weighted by Gasteiger charge is -2.35. The molecule has 1 aliphatic rings. The standard InChI is InChI=1S/C27H35NO4.C2H6/c1-8-31-26(30)25(32-27(5,6)7)24-18(3)17(2)21-14-23(29)28(16-22(21)19(24)4)15-20-12-10-9-11-13-20;1-2/h9-13,25H,8,14-16H2,1-7H3;1-2H3/t25-;/m0./s1. The Morgan fingerprint density at radius 2 is 1.62 bits per heavy atom. The highest BCUT2D eigenvalue weighted by molar-refractivity contribution is 5.83. The number of fused-ring (bicyclic) bond motifs is 1. The molecule has 5 heteroatoms. The molecule has 2 aromatic carbocycles. The van der Waals surface area contributed by atoms with E-state index in [1.807, 2.05) is 90.6 Å². The largest absolute Gasteiger partial charge is 0.464 e. The molecule has 1 heterocycles. The Morgan fingerprint density at radius 3 is 2.18 bits per heavy atom. The number of amides is 1. The van der Waals surface area contributed by atoms with Crippen LogP contribution in [0, 0.1) is 20.8 Å². The Labute approximate surface area is 205 Å². The van der Waals surface area contributed by atoms with Crippen LogP contribution in [-0.4, -0.2) is 29.0 Å². The Kier molecular flexibility index (Phi) is 9.45. The molecule has 1 aliphatic heterocycles. The molecule has 0 N–H and O–H groups in total. The van der Waals surface area contributed by atoms with E-state index in [-0.39, 0.29) is 11.9 Å². The van der Waals surface area contributed by atoms with Crippen LogP contribution in [0.5, 0.6) is 0 Å². The summed E-state index contributed by atoms with van der Waals surface area (Å²) >= 11 is 0. The van der Waals surface area contributed by atoms with Crippen molar-refractivity contribution in [3.8, 4) is 0 Å². The zero-order valence-corrected chi connectivity index (χ0v) is 22.4. The van der Waals surface area contributed by atoms with E-state index in [0.717, 1.165) is 38.9 Å². The molecule has 0 aliphatic carbocycles. The SMILES string of the molecule is CC.CCOC(=O)[C@@H](OC(C)(C)C)c1c(C)c(C)c2c(c1C)CN(Cc1ccccc1)C(=O)C2.